The van der Waals surface area contributed by atoms with Crippen molar-refractivity contribution in [2.24, 2.45) is 0 Å². The van der Waals surface area contributed by atoms with Crippen LogP contribution in [0.25, 0.3) is 0 Å². The van der Waals surface area contributed by atoms with Gasteiger partial charge in [0.25, 0.3) is 10.5 Å². The molecule has 0 amide bonds. The van der Waals surface area contributed by atoms with Gasteiger partial charge >= 0.3 is 0 Å². The highest BCUT2D eigenvalue weighted by Crippen LogP contribution is 2.20. The third-order valence-corrected chi connectivity index (χ3v) is 2.34. The summed E-state index contributed by atoms with van der Waals surface area (Å²) in [5.41, 5.74) is 0.122. The summed E-state index contributed by atoms with van der Waals surface area (Å²) in [6.07, 6.45) is 7.15. The molecule has 0 saturated carbocycles. The van der Waals surface area contributed by atoms with Crippen LogP contribution in [-0.2, 0) is 0 Å². The quantitative estimate of drug-likeness (QED) is 0.635. The maximum absolute atomic E-state index is 11.1. The third-order valence-electron chi connectivity index (χ3n) is 1.90. The van der Waals surface area contributed by atoms with E-state index >= 15 is 0 Å². The molecule has 0 fully saturated rings. The second-order valence-electron chi connectivity index (χ2n) is 3.27. The van der Waals surface area contributed by atoms with E-state index in [-0.39, 0.29) is 16.9 Å². The highest BCUT2D eigenvalue weighted by molar-refractivity contribution is 6.69. The number of benzene rings is 1. The Kier molecular flexibility index (Phi) is 6.47. The monoisotopic (exact) mass is 314 g/mol. The van der Waals surface area contributed by atoms with Crippen molar-refractivity contribution in [2.75, 3.05) is 0 Å². The maximum atomic E-state index is 11.1. The van der Waals surface area contributed by atoms with E-state index < -0.39 is 10.5 Å². The molecule has 0 radical (unpaired) electrons. The van der Waals surface area contributed by atoms with Crippen LogP contribution in [0.15, 0.2) is 18.2 Å². The molecule has 0 aliphatic carbocycles. The summed E-state index contributed by atoms with van der Waals surface area (Å²) in [6, 6.07) is 3.89. The zero-order chi connectivity index (χ0) is 15.7. The van der Waals surface area contributed by atoms with Crippen LogP contribution in [0.1, 0.15) is 20.7 Å². The number of carbonyl (C=O) groups is 2. The van der Waals surface area contributed by atoms with Gasteiger partial charge in [0.15, 0.2) is 0 Å². The Balaban J connectivity index is 2.96. The average molecular weight is 315 g/mol. The van der Waals surface area contributed by atoms with Crippen LogP contribution >= 0.6 is 23.2 Å². The minimum Gasteiger partial charge on any atom is -0.407 e. The molecule has 0 saturated heterocycles. The Morgan fingerprint density at radius 3 is 1.95 bits per heavy atom. The zero-order valence-corrected chi connectivity index (χ0v) is 11.8. The van der Waals surface area contributed by atoms with Crippen molar-refractivity contribution in [2.45, 2.75) is 0 Å². The first-order valence-electron chi connectivity index (χ1n) is 5.22. The van der Waals surface area contributed by atoms with Crippen LogP contribution in [0.2, 0.25) is 0 Å². The van der Waals surface area contributed by atoms with Gasteiger partial charge in [-0.25, -0.2) is 0 Å². The highest BCUT2D eigenvalue weighted by Gasteiger charge is 2.10. The lowest BCUT2D eigenvalue weighted by atomic mass is 10.1. The molecule has 0 aliphatic heterocycles. The van der Waals surface area contributed by atoms with Crippen molar-refractivity contribution >= 4 is 33.7 Å². The largest absolute Gasteiger partial charge is 0.407 e. The standard InChI is InChI=1S/C16H4Cl2O3/c1-2-3-4-5-6-7-8-21-14-10-12(15(17)19)9-13(11-14)16(18)20/h1,9-11H. The van der Waals surface area contributed by atoms with Crippen LogP contribution in [0, 0.1) is 48.1 Å². The predicted molar refractivity (Wildman–Crippen MR) is 79.6 cm³/mol. The van der Waals surface area contributed by atoms with Crippen LogP contribution in [0.3, 0.4) is 0 Å². The lowest BCUT2D eigenvalue weighted by Crippen LogP contribution is -1.97. The lowest BCUT2D eigenvalue weighted by molar-refractivity contribution is 0.108. The lowest BCUT2D eigenvalue weighted by Gasteiger charge is -2.02. The molecule has 0 aromatic heterocycles. The van der Waals surface area contributed by atoms with Crippen LogP contribution in [0.5, 0.6) is 5.75 Å². The summed E-state index contributed by atoms with van der Waals surface area (Å²) in [4.78, 5) is 22.2. The van der Waals surface area contributed by atoms with Crippen molar-refractivity contribution in [3.05, 3.63) is 29.3 Å². The second-order valence-corrected chi connectivity index (χ2v) is 3.95. The molecule has 1 aromatic carbocycles. The van der Waals surface area contributed by atoms with Crippen LogP contribution in [-0.4, -0.2) is 10.5 Å². The average Bonchev–Trinajstić information content (AvgIpc) is 2.46. The minimum atomic E-state index is -0.753. The molecule has 0 atom stereocenters. The number of rotatable bonds is 3. The third kappa shape index (κ3) is 5.78. The van der Waals surface area contributed by atoms with Gasteiger partial charge in [0.2, 0.25) is 0 Å². The number of carbonyl (C=O) groups excluding carboxylic acids is 2. The topological polar surface area (TPSA) is 43.4 Å². The molecule has 0 heterocycles. The summed E-state index contributed by atoms with van der Waals surface area (Å²) in [5, 5.41) is -1.51. The number of hydrogen-bond acceptors (Lipinski definition) is 3. The van der Waals surface area contributed by atoms with Gasteiger partial charge < -0.3 is 4.74 Å². The Morgan fingerprint density at radius 2 is 1.43 bits per heavy atom. The highest BCUT2D eigenvalue weighted by atomic mass is 35.5. The molecule has 21 heavy (non-hydrogen) atoms. The van der Waals surface area contributed by atoms with E-state index in [2.05, 4.69) is 41.6 Å². The van der Waals surface area contributed by atoms with Crippen LogP contribution in [0.4, 0.5) is 0 Å². The molecule has 100 valence electrons. The number of ether oxygens (including phenoxy) is 1. The first-order valence-corrected chi connectivity index (χ1v) is 5.97. The molecule has 1 aromatic rings. The SMILES string of the molecule is C#CC#CC#CC#COc1cc(C(=O)Cl)cc(C(=O)Cl)c1. The second kappa shape index (κ2) is 8.37. The normalized spacial score (nSPS) is 7.67. The van der Waals surface area contributed by atoms with Crippen molar-refractivity contribution < 1.29 is 14.3 Å². The molecule has 5 heteroatoms. The van der Waals surface area contributed by atoms with E-state index in [4.69, 9.17) is 34.4 Å². The van der Waals surface area contributed by atoms with E-state index in [0.717, 1.165) is 0 Å². The van der Waals surface area contributed by atoms with Crippen molar-refractivity contribution in [3.63, 3.8) is 0 Å². The van der Waals surface area contributed by atoms with Gasteiger partial charge in [0.05, 0.1) is 0 Å². The van der Waals surface area contributed by atoms with E-state index in [9.17, 15) is 9.59 Å². The summed E-state index contributed by atoms with van der Waals surface area (Å²) >= 11 is 10.7. The molecule has 0 bridgehead atoms. The molecule has 1 rings (SSSR count). The van der Waals surface area contributed by atoms with Gasteiger partial charge in [-0.3, -0.25) is 9.59 Å². The predicted octanol–water partition coefficient (Wildman–Crippen LogP) is 2.42. The maximum Gasteiger partial charge on any atom is 0.252 e. The molecule has 0 unspecified atom stereocenters. The van der Waals surface area contributed by atoms with E-state index in [1.807, 2.05) is 0 Å². The number of halogens is 2. The fraction of sp³-hybridized carbons (Fsp3) is 0. The van der Waals surface area contributed by atoms with Gasteiger partial charge in [-0.15, -0.1) is 6.42 Å². The zero-order valence-electron chi connectivity index (χ0n) is 10.3. The van der Waals surface area contributed by atoms with Crippen molar-refractivity contribution in [1.82, 2.24) is 0 Å². The fourth-order valence-corrected chi connectivity index (χ4v) is 1.34. The Hall–Kier alpha value is -2.82. The van der Waals surface area contributed by atoms with E-state index in [1.54, 1.807) is 0 Å². The van der Waals surface area contributed by atoms with Crippen molar-refractivity contribution in [1.29, 1.82) is 0 Å². The molecular formula is C16H4Cl2O3. The Labute approximate surface area is 131 Å². The summed E-state index contributed by atoms with van der Waals surface area (Å²) in [7, 11) is 0. The molecule has 3 nitrogen and oxygen atoms in total. The molecular weight excluding hydrogens is 311 g/mol. The minimum absolute atomic E-state index is 0.0611. The van der Waals surface area contributed by atoms with E-state index in [0.29, 0.717) is 0 Å². The van der Waals surface area contributed by atoms with Gasteiger partial charge in [-0.2, -0.15) is 0 Å². The fourth-order valence-electron chi connectivity index (χ4n) is 1.12. The Bertz CT molecular complexity index is 781. The number of terminal acetylenes is 1. The Morgan fingerprint density at radius 1 is 0.905 bits per heavy atom. The van der Waals surface area contributed by atoms with Gasteiger partial charge in [0, 0.05) is 28.9 Å². The summed E-state index contributed by atoms with van der Waals surface area (Å²) in [6.45, 7) is 0. The molecule has 0 aliphatic rings. The first-order chi connectivity index (χ1) is 10.0. The van der Waals surface area contributed by atoms with Crippen LogP contribution < -0.4 is 4.74 Å². The van der Waals surface area contributed by atoms with Gasteiger partial charge in [0.1, 0.15) is 11.9 Å². The summed E-state index contributed by atoms with van der Waals surface area (Å²) in [5.74, 6) is 14.0. The number of hydrogen-bond donors (Lipinski definition) is 0. The first kappa shape index (κ1) is 16.2. The molecule has 0 spiro atoms. The van der Waals surface area contributed by atoms with Crippen molar-refractivity contribution in [3.8, 4) is 53.8 Å². The molecule has 0 N–H and O–H groups in total. The van der Waals surface area contributed by atoms with E-state index in [1.165, 1.54) is 18.2 Å². The van der Waals surface area contributed by atoms with Gasteiger partial charge in [-0.1, -0.05) is 0 Å². The summed E-state index contributed by atoms with van der Waals surface area (Å²) < 4.78 is 5.02. The smallest absolute Gasteiger partial charge is 0.252 e. The van der Waals surface area contributed by atoms with Gasteiger partial charge in [-0.05, 0) is 59.2 Å².